The standard InChI is InChI=1S/C12H13BrFN3O/c13-11-8(7-15)4-5-9(12(11)14)17-6-2-1-3-10(16)18/h4-5,17H,1-3,6H2,(H2,16,18). The number of anilines is 1. The van der Waals surface area contributed by atoms with Crippen molar-refractivity contribution in [3.63, 3.8) is 0 Å². The largest absolute Gasteiger partial charge is 0.383 e. The maximum atomic E-state index is 13.8. The summed E-state index contributed by atoms with van der Waals surface area (Å²) in [7, 11) is 0. The molecule has 1 amide bonds. The third kappa shape index (κ3) is 4.00. The van der Waals surface area contributed by atoms with Gasteiger partial charge in [-0.15, -0.1) is 0 Å². The SMILES string of the molecule is N#Cc1ccc(NCCCCC(N)=O)c(F)c1Br. The Balaban J connectivity index is 2.51. The molecule has 0 spiro atoms. The summed E-state index contributed by atoms with van der Waals surface area (Å²) in [5.74, 6) is -0.814. The van der Waals surface area contributed by atoms with Crippen molar-refractivity contribution in [2.24, 2.45) is 5.73 Å². The molecule has 1 rings (SSSR count). The molecule has 0 atom stereocenters. The van der Waals surface area contributed by atoms with Gasteiger partial charge in [-0.25, -0.2) is 4.39 Å². The molecule has 0 aliphatic carbocycles. The zero-order valence-corrected chi connectivity index (χ0v) is 11.3. The molecule has 1 aromatic carbocycles. The first-order chi connectivity index (χ1) is 8.56. The third-order valence-electron chi connectivity index (χ3n) is 2.37. The number of carbonyl (C=O) groups excluding carboxylic acids is 1. The van der Waals surface area contributed by atoms with E-state index >= 15 is 0 Å². The Bertz CT molecular complexity index is 485. The van der Waals surface area contributed by atoms with Gasteiger partial charge in [-0.05, 0) is 40.9 Å². The van der Waals surface area contributed by atoms with Crippen molar-refractivity contribution in [1.29, 1.82) is 5.26 Å². The number of amides is 1. The van der Waals surface area contributed by atoms with Gasteiger partial charge in [0.05, 0.1) is 15.7 Å². The second kappa shape index (κ2) is 6.97. The predicted octanol–water partition coefficient (Wildman–Crippen LogP) is 2.53. The number of halogens is 2. The molecule has 18 heavy (non-hydrogen) atoms. The summed E-state index contributed by atoms with van der Waals surface area (Å²) in [5.41, 5.74) is 5.60. The molecule has 1 aromatic rings. The van der Waals surface area contributed by atoms with Crippen LogP contribution in [0.25, 0.3) is 0 Å². The molecule has 0 saturated carbocycles. The van der Waals surface area contributed by atoms with Crippen LogP contribution in [0.2, 0.25) is 0 Å². The highest BCUT2D eigenvalue weighted by Crippen LogP contribution is 2.26. The van der Waals surface area contributed by atoms with Crippen LogP contribution in [0.5, 0.6) is 0 Å². The van der Waals surface area contributed by atoms with Gasteiger partial charge in [0.1, 0.15) is 6.07 Å². The number of nitrogens with zero attached hydrogens (tertiary/aromatic N) is 1. The van der Waals surface area contributed by atoms with Crippen LogP contribution >= 0.6 is 15.9 Å². The summed E-state index contributed by atoms with van der Waals surface area (Å²) in [6.45, 7) is 0.544. The van der Waals surface area contributed by atoms with Gasteiger partial charge in [-0.1, -0.05) is 0 Å². The van der Waals surface area contributed by atoms with E-state index in [4.69, 9.17) is 11.0 Å². The zero-order chi connectivity index (χ0) is 13.5. The van der Waals surface area contributed by atoms with Crippen LogP contribution in [0.15, 0.2) is 16.6 Å². The normalized spacial score (nSPS) is 9.83. The van der Waals surface area contributed by atoms with Crippen LogP contribution in [-0.2, 0) is 4.79 Å². The Morgan fingerprint density at radius 3 is 2.83 bits per heavy atom. The van der Waals surface area contributed by atoms with Crippen molar-refractivity contribution in [2.45, 2.75) is 19.3 Å². The Morgan fingerprint density at radius 2 is 2.22 bits per heavy atom. The van der Waals surface area contributed by atoms with E-state index in [1.165, 1.54) is 6.07 Å². The summed E-state index contributed by atoms with van der Waals surface area (Å²) >= 11 is 3.03. The van der Waals surface area contributed by atoms with E-state index in [1.54, 1.807) is 6.07 Å². The molecule has 0 fully saturated rings. The lowest BCUT2D eigenvalue weighted by molar-refractivity contribution is -0.118. The number of hydrogen-bond donors (Lipinski definition) is 2. The second-order valence-corrected chi connectivity index (χ2v) is 4.54. The molecule has 0 aliphatic rings. The fraction of sp³-hybridized carbons (Fsp3) is 0.333. The van der Waals surface area contributed by atoms with Crippen molar-refractivity contribution >= 4 is 27.5 Å². The number of primary amides is 1. The number of unbranched alkanes of at least 4 members (excludes halogenated alkanes) is 1. The maximum Gasteiger partial charge on any atom is 0.217 e. The molecule has 96 valence electrons. The summed E-state index contributed by atoms with van der Waals surface area (Å²) in [4.78, 5) is 10.5. The Hall–Kier alpha value is -1.61. The minimum atomic E-state index is -0.482. The van der Waals surface area contributed by atoms with E-state index in [0.717, 1.165) is 6.42 Å². The predicted molar refractivity (Wildman–Crippen MR) is 70.4 cm³/mol. The monoisotopic (exact) mass is 313 g/mol. The molecule has 0 heterocycles. The van der Waals surface area contributed by atoms with E-state index in [0.29, 0.717) is 25.1 Å². The van der Waals surface area contributed by atoms with Crippen LogP contribution in [0.4, 0.5) is 10.1 Å². The lowest BCUT2D eigenvalue weighted by atomic mass is 10.2. The first kappa shape index (κ1) is 14.5. The average Bonchev–Trinajstić information content (AvgIpc) is 2.33. The van der Waals surface area contributed by atoms with Crippen molar-refractivity contribution in [1.82, 2.24) is 0 Å². The Kier molecular flexibility index (Phi) is 5.59. The Labute approximate surface area is 113 Å². The van der Waals surface area contributed by atoms with Gasteiger partial charge in [-0.3, -0.25) is 4.79 Å². The second-order valence-electron chi connectivity index (χ2n) is 3.75. The van der Waals surface area contributed by atoms with E-state index in [-0.39, 0.29) is 15.9 Å². The zero-order valence-electron chi connectivity index (χ0n) is 9.67. The lowest BCUT2D eigenvalue weighted by Gasteiger charge is -2.08. The van der Waals surface area contributed by atoms with Crippen LogP contribution in [0, 0.1) is 17.1 Å². The van der Waals surface area contributed by atoms with Crippen molar-refractivity contribution < 1.29 is 9.18 Å². The quantitative estimate of drug-likeness (QED) is 0.792. The van der Waals surface area contributed by atoms with E-state index in [9.17, 15) is 9.18 Å². The molecule has 3 N–H and O–H groups in total. The summed E-state index contributed by atoms with van der Waals surface area (Å²) < 4.78 is 13.9. The molecule has 0 bridgehead atoms. The number of nitrogens with two attached hydrogens (primary N) is 1. The number of nitrogens with one attached hydrogen (secondary N) is 1. The van der Waals surface area contributed by atoms with Gasteiger partial charge in [0.25, 0.3) is 0 Å². The topological polar surface area (TPSA) is 78.9 Å². The van der Waals surface area contributed by atoms with Crippen molar-refractivity contribution in [3.05, 3.63) is 28.0 Å². The molecular weight excluding hydrogens is 301 g/mol. The van der Waals surface area contributed by atoms with Gasteiger partial charge in [0, 0.05) is 13.0 Å². The summed E-state index contributed by atoms with van der Waals surface area (Å²) in [5, 5.41) is 11.6. The van der Waals surface area contributed by atoms with Gasteiger partial charge >= 0.3 is 0 Å². The van der Waals surface area contributed by atoms with Crippen LogP contribution in [0.1, 0.15) is 24.8 Å². The van der Waals surface area contributed by atoms with Crippen LogP contribution in [0.3, 0.4) is 0 Å². The third-order valence-corrected chi connectivity index (χ3v) is 3.14. The Morgan fingerprint density at radius 1 is 1.50 bits per heavy atom. The minimum absolute atomic E-state index is 0.159. The fourth-order valence-corrected chi connectivity index (χ4v) is 1.85. The molecule has 0 aromatic heterocycles. The smallest absolute Gasteiger partial charge is 0.217 e. The van der Waals surface area contributed by atoms with Gasteiger partial charge in [0.2, 0.25) is 5.91 Å². The highest BCUT2D eigenvalue weighted by molar-refractivity contribution is 9.10. The van der Waals surface area contributed by atoms with E-state index in [2.05, 4.69) is 21.2 Å². The highest BCUT2D eigenvalue weighted by atomic mass is 79.9. The lowest BCUT2D eigenvalue weighted by Crippen LogP contribution is -2.11. The molecule has 4 nitrogen and oxygen atoms in total. The first-order valence-electron chi connectivity index (χ1n) is 5.46. The molecular formula is C12H13BrFN3O. The number of benzene rings is 1. The van der Waals surface area contributed by atoms with Gasteiger partial charge < -0.3 is 11.1 Å². The van der Waals surface area contributed by atoms with E-state index in [1.807, 2.05) is 6.07 Å². The first-order valence-corrected chi connectivity index (χ1v) is 6.26. The fourth-order valence-electron chi connectivity index (χ4n) is 1.42. The molecule has 6 heteroatoms. The summed E-state index contributed by atoms with van der Waals surface area (Å²) in [6.07, 6.45) is 1.72. The number of carbonyl (C=O) groups is 1. The van der Waals surface area contributed by atoms with Gasteiger partial charge in [-0.2, -0.15) is 5.26 Å². The van der Waals surface area contributed by atoms with Crippen molar-refractivity contribution in [3.8, 4) is 6.07 Å². The average molecular weight is 314 g/mol. The molecule has 0 radical (unpaired) electrons. The minimum Gasteiger partial charge on any atom is -0.383 e. The number of rotatable bonds is 6. The molecule has 0 unspecified atom stereocenters. The highest BCUT2D eigenvalue weighted by Gasteiger charge is 2.10. The van der Waals surface area contributed by atoms with Crippen molar-refractivity contribution in [2.75, 3.05) is 11.9 Å². The maximum absolute atomic E-state index is 13.8. The molecule has 0 aliphatic heterocycles. The van der Waals surface area contributed by atoms with Crippen LogP contribution in [-0.4, -0.2) is 12.5 Å². The summed E-state index contributed by atoms with van der Waals surface area (Å²) in [6, 6.07) is 4.95. The number of nitriles is 1. The molecule has 0 saturated heterocycles. The number of hydrogen-bond acceptors (Lipinski definition) is 3. The van der Waals surface area contributed by atoms with Gasteiger partial charge in [0.15, 0.2) is 5.82 Å². The van der Waals surface area contributed by atoms with E-state index < -0.39 is 5.82 Å². The van der Waals surface area contributed by atoms with Crippen LogP contribution < -0.4 is 11.1 Å².